The van der Waals surface area contributed by atoms with E-state index in [-0.39, 0.29) is 17.9 Å². The molecule has 0 bridgehead atoms. The number of nitrogens with zero attached hydrogens (tertiary/aromatic N) is 1. The van der Waals surface area contributed by atoms with Gasteiger partial charge in [-0.25, -0.2) is 0 Å². The summed E-state index contributed by atoms with van der Waals surface area (Å²) in [5.41, 5.74) is 0. The van der Waals surface area contributed by atoms with Gasteiger partial charge in [0.1, 0.15) is 6.04 Å². The molecule has 0 aliphatic heterocycles. The first-order chi connectivity index (χ1) is 7.81. The van der Waals surface area contributed by atoms with Crippen molar-refractivity contribution in [1.82, 2.24) is 15.5 Å². The van der Waals surface area contributed by atoms with E-state index in [2.05, 4.69) is 35.8 Å². The van der Waals surface area contributed by atoms with E-state index < -0.39 is 6.04 Å². The number of amides is 2. The van der Waals surface area contributed by atoms with Gasteiger partial charge in [-0.1, -0.05) is 0 Å². The SMILES string of the molecule is CNC(=O)C(C)NC(=O)C(C)N(C)C.[CH2]=[V][I]. The van der Waals surface area contributed by atoms with E-state index >= 15 is 0 Å². The van der Waals surface area contributed by atoms with Crippen LogP contribution in [0.2, 0.25) is 0 Å². The first-order valence-electron chi connectivity index (χ1n) is 5.07. The maximum atomic E-state index is 11.5. The molecule has 2 unspecified atom stereocenters. The molecule has 2 N–H and O–H groups in total. The first-order valence-corrected chi connectivity index (χ1v) is 10.6. The van der Waals surface area contributed by atoms with Gasteiger partial charge in [0, 0.05) is 7.05 Å². The summed E-state index contributed by atoms with van der Waals surface area (Å²) in [6, 6.07) is -0.725. The number of carbonyl (C=O) groups excluding carboxylic acids is 2. The van der Waals surface area contributed by atoms with E-state index in [4.69, 9.17) is 0 Å². The summed E-state index contributed by atoms with van der Waals surface area (Å²) >= 11 is 2.68. The third kappa shape index (κ3) is 9.76. The molecule has 0 fully saturated rings. The van der Waals surface area contributed by atoms with Crippen LogP contribution in [0.15, 0.2) is 0 Å². The average Bonchev–Trinajstić information content (AvgIpc) is 2.27. The molecule has 17 heavy (non-hydrogen) atoms. The van der Waals surface area contributed by atoms with E-state index in [9.17, 15) is 9.59 Å². The molecule has 0 aromatic rings. The van der Waals surface area contributed by atoms with Crippen LogP contribution in [0, 0.1) is 0 Å². The molecule has 2 amide bonds. The Labute approximate surface area is 121 Å². The summed E-state index contributed by atoms with van der Waals surface area (Å²) in [5.74, 6) is -0.338. The van der Waals surface area contributed by atoms with Gasteiger partial charge in [-0.05, 0) is 27.9 Å². The molecule has 0 radical (unpaired) electrons. The normalized spacial score (nSPS) is 12.9. The molecule has 0 spiro atoms. The number of nitrogens with one attached hydrogen (secondary N) is 2. The van der Waals surface area contributed by atoms with Crippen LogP contribution < -0.4 is 10.6 Å². The predicted molar refractivity (Wildman–Crippen MR) is 76.0 cm³/mol. The van der Waals surface area contributed by atoms with E-state index in [0.29, 0.717) is 12.4 Å². The van der Waals surface area contributed by atoms with Crippen molar-refractivity contribution in [3.63, 3.8) is 0 Å². The Morgan fingerprint density at radius 3 is 2.00 bits per heavy atom. The minimum atomic E-state index is -0.491. The topological polar surface area (TPSA) is 61.4 Å². The summed E-state index contributed by atoms with van der Waals surface area (Å²) in [6.07, 6.45) is 0. The van der Waals surface area contributed by atoms with Crippen LogP contribution in [-0.2, 0) is 22.0 Å². The van der Waals surface area contributed by atoms with Crippen molar-refractivity contribution in [3.05, 3.63) is 0 Å². The molecule has 0 saturated carbocycles. The van der Waals surface area contributed by atoms with Crippen LogP contribution in [0.3, 0.4) is 0 Å². The molecule has 2 atom stereocenters. The van der Waals surface area contributed by atoms with Crippen molar-refractivity contribution in [2.45, 2.75) is 25.9 Å². The molecule has 100 valence electrons. The Morgan fingerprint density at radius 1 is 1.29 bits per heavy atom. The Hall–Kier alpha value is 0.0844. The third-order valence-electron chi connectivity index (χ3n) is 2.15. The molecule has 0 aliphatic rings. The van der Waals surface area contributed by atoms with Crippen LogP contribution >= 0.6 is 20.0 Å². The summed E-state index contributed by atoms with van der Waals surface area (Å²) in [7, 11) is 5.17. The fourth-order valence-electron chi connectivity index (χ4n) is 0.851. The second-order valence-corrected chi connectivity index (χ2v) is 6.79. The van der Waals surface area contributed by atoms with Gasteiger partial charge < -0.3 is 10.6 Å². The van der Waals surface area contributed by atoms with E-state index in [0.717, 1.165) is 0 Å². The number of halogens is 1. The molecule has 0 saturated heterocycles. The van der Waals surface area contributed by atoms with E-state index in [1.807, 2.05) is 14.1 Å². The molecule has 0 rings (SSSR count). The van der Waals surface area contributed by atoms with Gasteiger partial charge in [-0.3, -0.25) is 14.5 Å². The molecule has 0 heterocycles. The Morgan fingerprint density at radius 2 is 1.71 bits per heavy atom. The van der Waals surface area contributed by atoms with Crippen molar-refractivity contribution < 1.29 is 22.0 Å². The van der Waals surface area contributed by atoms with E-state index in [1.165, 1.54) is 0 Å². The Bertz CT molecular complexity index is 262. The monoisotopic (exact) mass is 393 g/mol. The van der Waals surface area contributed by atoms with Gasteiger partial charge >= 0.3 is 37.6 Å². The molecule has 0 aromatic carbocycles. The Kier molecular flexibility index (Phi) is 12.8. The van der Waals surface area contributed by atoms with Gasteiger partial charge in [0.2, 0.25) is 11.8 Å². The molecule has 5 nitrogen and oxygen atoms in total. The quantitative estimate of drug-likeness (QED) is 0.664. The summed E-state index contributed by atoms with van der Waals surface area (Å²) < 4.78 is 0. The standard InChI is InChI=1S/C9H19N3O2.CH2.HI.V/c1-6(8(13)10-3)11-9(14)7(2)12(4)5;;;/h6-7H,1-5H3,(H,10,13)(H,11,14);1H2;1H;/q;;;+1/p-1. The zero-order chi connectivity index (χ0) is 14.0. The van der Waals surface area contributed by atoms with Crippen LogP contribution in [0.1, 0.15) is 13.8 Å². The first kappa shape index (κ1) is 19.4. The number of likely N-dealkylation sites (N-methyl/N-ethyl adjacent to an activating group) is 2. The van der Waals surface area contributed by atoms with Crippen molar-refractivity contribution in [1.29, 1.82) is 0 Å². The number of hydrogen-bond acceptors (Lipinski definition) is 3. The number of carbonyl (C=O) groups is 2. The van der Waals surface area contributed by atoms with Crippen molar-refractivity contribution in [3.8, 4) is 0 Å². The van der Waals surface area contributed by atoms with Gasteiger partial charge in [-0.2, -0.15) is 0 Å². The zero-order valence-electron chi connectivity index (χ0n) is 11.0. The molecular formula is C10H21IN3O2V. The van der Waals surface area contributed by atoms with Crippen molar-refractivity contribution in [2.75, 3.05) is 21.1 Å². The third-order valence-corrected chi connectivity index (χ3v) is 2.15. The summed E-state index contributed by atoms with van der Waals surface area (Å²) in [4.78, 5) is 24.4. The van der Waals surface area contributed by atoms with Gasteiger partial charge in [-0.15, -0.1) is 0 Å². The van der Waals surface area contributed by atoms with Crippen LogP contribution in [0.4, 0.5) is 0 Å². The number of hydrogen-bond donors (Lipinski definition) is 2. The summed E-state index contributed by atoms with van der Waals surface area (Å²) in [5, 5.41) is 8.66. The summed E-state index contributed by atoms with van der Waals surface area (Å²) in [6.45, 7) is 3.44. The van der Waals surface area contributed by atoms with Crippen molar-refractivity contribution >= 4 is 37.0 Å². The zero-order valence-corrected chi connectivity index (χ0v) is 14.5. The molecule has 0 aliphatic carbocycles. The second-order valence-electron chi connectivity index (χ2n) is 3.60. The van der Waals surface area contributed by atoms with Crippen LogP contribution in [-0.4, -0.2) is 55.2 Å². The van der Waals surface area contributed by atoms with Crippen molar-refractivity contribution in [2.24, 2.45) is 0 Å². The molecular weight excluding hydrogens is 372 g/mol. The van der Waals surface area contributed by atoms with Gasteiger partial charge in [0.25, 0.3) is 0 Å². The fraction of sp³-hybridized carbons (Fsp3) is 0.700. The molecule has 0 aromatic heterocycles. The number of rotatable bonds is 4. The van der Waals surface area contributed by atoms with E-state index in [1.54, 1.807) is 25.8 Å². The average molecular weight is 393 g/mol. The molecule has 7 heteroatoms. The van der Waals surface area contributed by atoms with Gasteiger partial charge in [0.05, 0.1) is 6.04 Å². The maximum absolute atomic E-state index is 11.5. The Balaban J connectivity index is 0. The van der Waals surface area contributed by atoms with Crippen LogP contribution in [0.5, 0.6) is 0 Å². The van der Waals surface area contributed by atoms with Gasteiger partial charge in [0.15, 0.2) is 0 Å². The minimum absolute atomic E-state index is 0.147. The fourth-order valence-corrected chi connectivity index (χ4v) is 0.851. The second kappa shape index (κ2) is 11.2. The van der Waals surface area contributed by atoms with Crippen LogP contribution in [0.25, 0.3) is 0 Å². The predicted octanol–water partition coefficient (Wildman–Crippen LogP) is 0.0381.